The van der Waals surface area contributed by atoms with Crippen molar-refractivity contribution in [1.82, 2.24) is 0 Å². The minimum atomic E-state index is -0.131. The highest BCUT2D eigenvalue weighted by molar-refractivity contribution is 7.98. The number of halogens is 1. The van der Waals surface area contributed by atoms with Gasteiger partial charge >= 0.3 is 0 Å². The van der Waals surface area contributed by atoms with Gasteiger partial charge in [-0.1, -0.05) is 32.0 Å². The van der Waals surface area contributed by atoms with Crippen molar-refractivity contribution in [2.45, 2.75) is 37.3 Å². The van der Waals surface area contributed by atoms with Crippen LogP contribution in [0.15, 0.2) is 41.3 Å². The molecule has 0 spiro atoms. The summed E-state index contributed by atoms with van der Waals surface area (Å²) in [6, 6.07) is 12.0. The molecule has 0 bridgehead atoms. The summed E-state index contributed by atoms with van der Waals surface area (Å²) in [4.78, 5) is 1.35. The quantitative estimate of drug-likeness (QED) is 0.664. The van der Waals surface area contributed by atoms with Crippen LogP contribution in [0.5, 0.6) is 0 Å². The molecule has 0 amide bonds. The Kier molecular flexibility index (Phi) is 3.59. The lowest BCUT2D eigenvalue weighted by atomic mass is 9.80. The van der Waals surface area contributed by atoms with Gasteiger partial charge in [0.2, 0.25) is 0 Å². The molecule has 2 aromatic rings. The van der Waals surface area contributed by atoms with Gasteiger partial charge in [-0.15, -0.1) is 11.8 Å². The molecule has 2 aromatic carbocycles. The van der Waals surface area contributed by atoms with Crippen molar-refractivity contribution in [3.8, 4) is 0 Å². The zero-order valence-electron chi connectivity index (χ0n) is 12.1. The first-order valence-electron chi connectivity index (χ1n) is 7.08. The fourth-order valence-electron chi connectivity index (χ4n) is 3.07. The van der Waals surface area contributed by atoms with Crippen molar-refractivity contribution in [2.75, 3.05) is 0 Å². The molecular weight excluding hydrogens is 267 g/mol. The number of fused-ring (bicyclic) bond motifs is 2. The van der Waals surface area contributed by atoms with Crippen LogP contribution in [0.2, 0.25) is 0 Å². The third kappa shape index (κ3) is 2.37. The summed E-state index contributed by atoms with van der Waals surface area (Å²) in [5, 5.41) is 0. The van der Waals surface area contributed by atoms with Gasteiger partial charge in [-0.2, -0.15) is 0 Å². The van der Waals surface area contributed by atoms with Crippen molar-refractivity contribution in [3.05, 3.63) is 64.5 Å². The first-order chi connectivity index (χ1) is 9.56. The number of thioether (sulfide) groups is 1. The maximum atomic E-state index is 13.5. The molecule has 0 radical (unpaired) electrons. The summed E-state index contributed by atoms with van der Waals surface area (Å²) >= 11 is 1.83. The molecular formula is C18H19FS. The molecule has 0 saturated heterocycles. The second-order valence-corrected chi connectivity index (χ2v) is 6.91. The van der Waals surface area contributed by atoms with Gasteiger partial charge in [0.05, 0.1) is 0 Å². The summed E-state index contributed by atoms with van der Waals surface area (Å²) in [6.45, 7) is 6.62. The van der Waals surface area contributed by atoms with Gasteiger partial charge in [-0.25, -0.2) is 4.39 Å². The van der Waals surface area contributed by atoms with Gasteiger partial charge in [-0.05, 0) is 53.3 Å². The van der Waals surface area contributed by atoms with Gasteiger partial charge in [-0.3, -0.25) is 0 Å². The van der Waals surface area contributed by atoms with E-state index in [9.17, 15) is 4.39 Å². The van der Waals surface area contributed by atoms with Crippen molar-refractivity contribution >= 4 is 11.8 Å². The molecule has 0 fully saturated rings. The Morgan fingerprint density at radius 3 is 2.60 bits per heavy atom. The van der Waals surface area contributed by atoms with Crippen molar-refractivity contribution in [1.29, 1.82) is 0 Å². The fourth-order valence-corrected chi connectivity index (χ4v) is 4.26. The van der Waals surface area contributed by atoms with E-state index in [1.807, 2.05) is 17.8 Å². The van der Waals surface area contributed by atoms with Crippen molar-refractivity contribution < 1.29 is 4.39 Å². The van der Waals surface area contributed by atoms with Crippen molar-refractivity contribution in [2.24, 2.45) is 5.92 Å². The van der Waals surface area contributed by atoms with Crippen molar-refractivity contribution in [3.63, 3.8) is 0 Å². The average Bonchev–Trinajstić information content (AvgIpc) is 2.55. The predicted molar refractivity (Wildman–Crippen MR) is 83.8 cm³/mol. The van der Waals surface area contributed by atoms with E-state index in [1.165, 1.54) is 21.6 Å². The second kappa shape index (κ2) is 5.25. The molecule has 0 N–H and O–H groups in total. The highest BCUT2D eigenvalue weighted by atomic mass is 32.2. The highest BCUT2D eigenvalue weighted by Crippen LogP contribution is 2.44. The van der Waals surface area contributed by atoms with Crippen LogP contribution in [-0.2, 0) is 5.75 Å². The summed E-state index contributed by atoms with van der Waals surface area (Å²) in [6.07, 6.45) is 0. The third-order valence-corrected chi connectivity index (χ3v) is 5.11. The van der Waals surface area contributed by atoms with Crippen LogP contribution >= 0.6 is 11.8 Å². The molecule has 0 nitrogen and oxygen atoms in total. The molecule has 0 unspecified atom stereocenters. The van der Waals surface area contributed by atoms with Gasteiger partial charge in [0.15, 0.2) is 0 Å². The molecule has 1 aliphatic heterocycles. The maximum absolute atomic E-state index is 13.5. The van der Waals surface area contributed by atoms with Gasteiger partial charge in [0, 0.05) is 16.6 Å². The molecule has 0 aliphatic carbocycles. The highest BCUT2D eigenvalue weighted by Gasteiger charge is 2.26. The van der Waals surface area contributed by atoms with Crippen LogP contribution in [0.1, 0.15) is 42.0 Å². The third-order valence-electron chi connectivity index (χ3n) is 3.99. The van der Waals surface area contributed by atoms with Crippen LogP contribution in [-0.4, -0.2) is 0 Å². The van der Waals surface area contributed by atoms with Crippen LogP contribution in [0, 0.1) is 18.7 Å². The topological polar surface area (TPSA) is 0 Å². The van der Waals surface area contributed by atoms with E-state index in [0.29, 0.717) is 11.8 Å². The van der Waals surface area contributed by atoms with E-state index in [1.54, 1.807) is 12.1 Å². The van der Waals surface area contributed by atoms with E-state index in [4.69, 9.17) is 0 Å². The Hall–Kier alpha value is -1.28. The number of hydrogen-bond donors (Lipinski definition) is 0. The predicted octanol–water partition coefficient (Wildman–Crippen LogP) is 5.53. The first kappa shape index (κ1) is 13.7. The standard InChI is InChI=1S/C18H19FS/c1-11(2)18-15-7-5-14(19)9-13(15)10-20-17-8-12(3)4-6-16(17)18/h4-9,11,18H,10H2,1-3H3/t18-/m0/s1. The average molecular weight is 286 g/mol. The fraction of sp³-hybridized carbons (Fsp3) is 0.333. The normalized spacial score (nSPS) is 17.6. The lowest BCUT2D eigenvalue weighted by Crippen LogP contribution is -2.10. The summed E-state index contributed by atoms with van der Waals surface area (Å²) in [5.41, 5.74) is 5.11. The molecule has 0 saturated carbocycles. The molecule has 1 atom stereocenters. The number of rotatable bonds is 1. The molecule has 1 aliphatic rings. The van der Waals surface area contributed by atoms with E-state index in [2.05, 4.69) is 39.0 Å². The van der Waals surface area contributed by atoms with Crippen LogP contribution in [0.4, 0.5) is 4.39 Å². The number of benzene rings is 2. The lowest BCUT2D eigenvalue weighted by Gasteiger charge is -2.24. The van der Waals surface area contributed by atoms with Crippen LogP contribution in [0.3, 0.4) is 0 Å². The van der Waals surface area contributed by atoms with E-state index < -0.39 is 0 Å². The summed E-state index contributed by atoms with van der Waals surface area (Å²) in [5.74, 6) is 1.58. The molecule has 3 rings (SSSR count). The molecule has 104 valence electrons. The monoisotopic (exact) mass is 286 g/mol. The Morgan fingerprint density at radius 2 is 1.85 bits per heavy atom. The Morgan fingerprint density at radius 1 is 1.10 bits per heavy atom. The van der Waals surface area contributed by atoms with E-state index >= 15 is 0 Å². The molecule has 1 heterocycles. The zero-order valence-corrected chi connectivity index (χ0v) is 12.9. The second-order valence-electron chi connectivity index (χ2n) is 5.89. The Bertz CT molecular complexity index is 592. The van der Waals surface area contributed by atoms with Gasteiger partial charge in [0.25, 0.3) is 0 Å². The number of hydrogen-bond acceptors (Lipinski definition) is 1. The largest absolute Gasteiger partial charge is 0.207 e. The Labute approximate surface area is 124 Å². The number of aryl methyl sites for hydroxylation is 1. The van der Waals surface area contributed by atoms with Gasteiger partial charge in [0.1, 0.15) is 5.82 Å². The van der Waals surface area contributed by atoms with E-state index in [0.717, 1.165) is 11.3 Å². The lowest BCUT2D eigenvalue weighted by molar-refractivity contribution is 0.553. The first-order valence-corrected chi connectivity index (χ1v) is 8.06. The maximum Gasteiger partial charge on any atom is 0.123 e. The molecule has 20 heavy (non-hydrogen) atoms. The minimum Gasteiger partial charge on any atom is -0.207 e. The van der Waals surface area contributed by atoms with E-state index in [-0.39, 0.29) is 5.82 Å². The molecule has 2 heteroatoms. The zero-order chi connectivity index (χ0) is 14.3. The summed E-state index contributed by atoms with van der Waals surface area (Å²) < 4.78 is 13.5. The smallest absolute Gasteiger partial charge is 0.123 e. The minimum absolute atomic E-state index is 0.131. The SMILES string of the molecule is Cc1ccc2c(c1)SCc1cc(F)ccc1[C@@H]2C(C)C. The summed E-state index contributed by atoms with van der Waals surface area (Å²) in [7, 11) is 0. The van der Waals surface area contributed by atoms with Crippen LogP contribution in [0.25, 0.3) is 0 Å². The molecule has 0 aromatic heterocycles. The van der Waals surface area contributed by atoms with Gasteiger partial charge < -0.3 is 0 Å². The van der Waals surface area contributed by atoms with Crippen LogP contribution < -0.4 is 0 Å². The Balaban J connectivity index is 2.21.